The van der Waals surface area contributed by atoms with Crippen molar-refractivity contribution < 1.29 is 14.6 Å². The third-order valence-electron chi connectivity index (χ3n) is 2.10. The molecule has 1 N–H and O–H groups in total. The molecule has 1 atom stereocenters. The lowest BCUT2D eigenvalue weighted by atomic mass is 10.2. The zero-order chi connectivity index (χ0) is 11.1. The van der Waals surface area contributed by atoms with Gasteiger partial charge in [0.05, 0.1) is 17.6 Å². The molecular weight excluding hydrogens is 198 g/mol. The molecule has 0 bridgehead atoms. The number of aryl methyl sites for hydroxylation is 2. The van der Waals surface area contributed by atoms with Crippen LogP contribution in [-0.2, 0) is 14.6 Å². The van der Waals surface area contributed by atoms with Crippen LogP contribution in [0.15, 0.2) is 6.20 Å². The highest BCUT2D eigenvalue weighted by atomic mass is 17.3. The van der Waals surface area contributed by atoms with Gasteiger partial charge in [-0.15, -0.1) is 4.89 Å². The number of aromatic nitrogens is 2. The standard InChI is InChI=1S/C9H11N3O3/c1-5-4-10-7(6(2)11-5)12-9(3)8(13)14-15-9/h4H,1-3H3,(H,10,12). The SMILES string of the molecule is Cc1cnc(NC2(C)OOC2=O)c(C)n1. The van der Waals surface area contributed by atoms with Gasteiger partial charge in [0, 0.05) is 0 Å². The van der Waals surface area contributed by atoms with E-state index in [0.717, 1.165) is 5.69 Å². The molecule has 1 aliphatic heterocycles. The Bertz CT molecular complexity index is 421. The van der Waals surface area contributed by atoms with Crippen LogP contribution in [0.3, 0.4) is 0 Å². The van der Waals surface area contributed by atoms with E-state index in [0.29, 0.717) is 11.5 Å². The average Bonchev–Trinajstić information content (AvgIpc) is 2.20. The maximum Gasteiger partial charge on any atom is 0.398 e. The van der Waals surface area contributed by atoms with Gasteiger partial charge >= 0.3 is 5.97 Å². The van der Waals surface area contributed by atoms with Gasteiger partial charge in [-0.25, -0.2) is 9.78 Å². The van der Waals surface area contributed by atoms with E-state index < -0.39 is 11.7 Å². The Labute approximate surface area is 86.6 Å². The molecule has 1 aromatic rings. The van der Waals surface area contributed by atoms with E-state index in [-0.39, 0.29) is 0 Å². The molecule has 6 nitrogen and oxygen atoms in total. The molecule has 0 amide bonds. The van der Waals surface area contributed by atoms with Crippen molar-refractivity contribution in [2.75, 3.05) is 5.32 Å². The monoisotopic (exact) mass is 209 g/mol. The summed E-state index contributed by atoms with van der Waals surface area (Å²) in [5.41, 5.74) is 0.383. The Morgan fingerprint density at radius 3 is 2.67 bits per heavy atom. The number of carbonyl (C=O) groups excluding carboxylic acids is 1. The smallest absolute Gasteiger partial charge is 0.328 e. The summed E-state index contributed by atoms with van der Waals surface area (Å²) in [6, 6.07) is 0. The van der Waals surface area contributed by atoms with Crippen LogP contribution in [0.5, 0.6) is 0 Å². The van der Waals surface area contributed by atoms with Crippen LogP contribution in [0.4, 0.5) is 5.82 Å². The fraction of sp³-hybridized carbons (Fsp3) is 0.444. The van der Waals surface area contributed by atoms with Gasteiger partial charge in [-0.05, 0) is 20.8 Å². The molecule has 0 radical (unpaired) electrons. The molecule has 15 heavy (non-hydrogen) atoms. The zero-order valence-corrected chi connectivity index (χ0v) is 8.70. The Balaban J connectivity index is 2.21. The van der Waals surface area contributed by atoms with Crippen LogP contribution in [0.2, 0.25) is 0 Å². The summed E-state index contributed by atoms with van der Waals surface area (Å²) >= 11 is 0. The van der Waals surface area contributed by atoms with Crippen molar-refractivity contribution in [3.63, 3.8) is 0 Å². The first kappa shape index (κ1) is 9.85. The van der Waals surface area contributed by atoms with Crippen LogP contribution in [-0.4, -0.2) is 21.7 Å². The Morgan fingerprint density at radius 2 is 2.20 bits per heavy atom. The van der Waals surface area contributed by atoms with Gasteiger partial charge in [0.2, 0.25) is 0 Å². The van der Waals surface area contributed by atoms with Crippen molar-refractivity contribution in [1.82, 2.24) is 9.97 Å². The number of rotatable bonds is 2. The molecule has 2 heterocycles. The van der Waals surface area contributed by atoms with Gasteiger partial charge in [0.1, 0.15) is 5.82 Å². The molecule has 80 valence electrons. The predicted molar refractivity (Wildman–Crippen MR) is 50.7 cm³/mol. The van der Waals surface area contributed by atoms with Crippen molar-refractivity contribution >= 4 is 11.8 Å². The van der Waals surface area contributed by atoms with E-state index in [1.54, 1.807) is 20.0 Å². The van der Waals surface area contributed by atoms with Gasteiger partial charge in [-0.1, -0.05) is 0 Å². The number of carbonyl (C=O) groups is 1. The Morgan fingerprint density at radius 1 is 1.47 bits per heavy atom. The van der Waals surface area contributed by atoms with Crippen LogP contribution in [0, 0.1) is 13.8 Å². The molecule has 0 aliphatic carbocycles. The molecule has 1 fully saturated rings. The molecule has 0 saturated carbocycles. The van der Waals surface area contributed by atoms with Gasteiger partial charge in [-0.2, -0.15) is 0 Å². The molecule has 1 unspecified atom stereocenters. The van der Waals surface area contributed by atoms with E-state index in [1.807, 2.05) is 6.92 Å². The number of nitrogens with one attached hydrogen (secondary N) is 1. The number of hydrogen-bond acceptors (Lipinski definition) is 6. The second-order valence-corrected chi connectivity index (χ2v) is 3.56. The highest BCUT2D eigenvalue weighted by Gasteiger charge is 2.49. The summed E-state index contributed by atoms with van der Waals surface area (Å²) in [5.74, 6) is 0.0454. The Kier molecular flexibility index (Phi) is 2.08. The fourth-order valence-electron chi connectivity index (χ4n) is 1.22. The van der Waals surface area contributed by atoms with Crippen molar-refractivity contribution in [1.29, 1.82) is 0 Å². The van der Waals surface area contributed by atoms with Crippen LogP contribution < -0.4 is 5.32 Å². The first-order valence-electron chi connectivity index (χ1n) is 4.50. The molecule has 6 heteroatoms. The van der Waals surface area contributed by atoms with Crippen LogP contribution in [0.1, 0.15) is 18.3 Å². The summed E-state index contributed by atoms with van der Waals surface area (Å²) in [5, 5.41) is 2.83. The normalized spacial score (nSPS) is 24.3. The predicted octanol–water partition coefficient (Wildman–Crippen LogP) is 0.710. The summed E-state index contributed by atoms with van der Waals surface area (Å²) in [4.78, 5) is 28.3. The van der Waals surface area contributed by atoms with Crippen molar-refractivity contribution in [3.8, 4) is 0 Å². The maximum atomic E-state index is 11.1. The van der Waals surface area contributed by atoms with Crippen LogP contribution >= 0.6 is 0 Å². The molecule has 1 aliphatic rings. The first-order valence-corrected chi connectivity index (χ1v) is 4.50. The van der Waals surface area contributed by atoms with Crippen molar-refractivity contribution in [3.05, 3.63) is 17.6 Å². The second kappa shape index (κ2) is 3.16. The molecule has 0 spiro atoms. The first-order chi connectivity index (χ1) is 7.01. The van der Waals surface area contributed by atoms with Crippen molar-refractivity contribution in [2.45, 2.75) is 26.5 Å². The lowest BCUT2D eigenvalue weighted by Crippen LogP contribution is -2.56. The van der Waals surface area contributed by atoms with Gasteiger partial charge in [-0.3, -0.25) is 9.87 Å². The highest BCUT2D eigenvalue weighted by Crippen LogP contribution is 2.25. The zero-order valence-electron chi connectivity index (χ0n) is 8.70. The molecule has 1 saturated heterocycles. The van der Waals surface area contributed by atoms with Gasteiger partial charge < -0.3 is 5.32 Å². The summed E-state index contributed by atoms with van der Waals surface area (Å²) in [6.07, 6.45) is 1.61. The average molecular weight is 209 g/mol. The Hall–Kier alpha value is -1.69. The summed E-state index contributed by atoms with van der Waals surface area (Å²) < 4.78 is 0. The van der Waals surface area contributed by atoms with Gasteiger partial charge in [0.15, 0.2) is 0 Å². The minimum absolute atomic E-state index is 0.468. The molecule has 0 aromatic carbocycles. The van der Waals surface area contributed by atoms with E-state index >= 15 is 0 Å². The molecule has 1 aromatic heterocycles. The summed E-state index contributed by atoms with van der Waals surface area (Å²) in [6.45, 7) is 5.22. The number of nitrogens with zero attached hydrogens (tertiary/aromatic N) is 2. The third kappa shape index (κ3) is 1.63. The minimum Gasteiger partial charge on any atom is -0.328 e. The topological polar surface area (TPSA) is 73.3 Å². The van der Waals surface area contributed by atoms with E-state index in [9.17, 15) is 4.79 Å². The van der Waals surface area contributed by atoms with E-state index in [4.69, 9.17) is 4.89 Å². The summed E-state index contributed by atoms with van der Waals surface area (Å²) in [7, 11) is 0. The molecule has 2 rings (SSSR count). The lowest BCUT2D eigenvalue weighted by molar-refractivity contribution is -0.389. The minimum atomic E-state index is -1.14. The third-order valence-corrected chi connectivity index (χ3v) is 2.10. The van der Waals surface area contributed by atoms with Crippen LogP contribution in [0.25, 0.3) is 0 Å². The van der Waals surface area contributed by atoms with Gasteiger partial charge in [0.25, 0.3) is 5.72 Å². The second-order valence-electron chi connectivity index (χ2n) is 3.56. The highest BCUT2D eigenvalue weighted by molar-refractivity contribution is 5.84. The van der Waals surface area contributed by atoms with Crippen molar-refractivity contribution in [2.24, 2.45) is 0 Å². The maximum absolute atomic E-state index is 11.1. The molecular formula is C9H11N3O3. The largest absolute Gasteiger partial charge is 0.398 e. The number of anilines is 1. The van der Waals surface area contributed by atoms with E-state index in [1.165, 1.54) is 0 Å². The fourth-order valence-corrected chi connectivity index (χ4v) is 1.22. The van der Waals surface area contributed by atoms with E-state index in [2.05, 4.69) is 20.2 Å². The lowest BCUT2D eigenvalue weighted by Gasteiger charge is -2.33. The quantitative estimate of drug-likeness (QED) is 0.723. The number of hydrogen-bond donors (Lipinski definition) is 1.